The highest BCUT2D eigenvalue weighted by molar-refractivity contribution is 5.20. The lowest BCUT2D eigenvalue weighted by Crippen LogP contribution is -2.44. The molecule has 0 bridgehead atoms. The van der Waals surface area contributed by atoms with Crippen LogP contribution in [0.15, 0.2) is 42.7 Å². The molecule has 21 heavy (non-hydrogen) atoms. The van der Waals surface area contributed by atoms with E-state index in [1.54, 1.807) is 0 Å². The van der Waals surface area contributed by atoms with Crippen LogP contribution in [0, 0.1) is 5.92 Å². The molecule has 0 aliphatic carbocycles. The third-order valence-electron chi connectivity index (χ3n) is 4.06. The SMILES string of the molecule is CC(C)C(C(N)c1ccccc1)N(C)Cc1nccn1C. The molecule has 4 heteroatoms. The molecule has 0 aliphatic rings. The summed E-state index contributed by atoms with van der Waals surface area (Å²) in [6.45, 7) is 5.25. The predicted octanol–water partition coefficient (Wildman–Crippen LogP) is 2.58. The van der Waals surface area contributed by atoms with E-state index in [4.69, 9.17) is 5.73 Å². The van der Waals surface area contributed by atoms with E-state index in [-0.39, 0.29) is 12.1 Å². The number of benzene rings is 1. The van der Waals surface area contributed by atoms with Gasteiger partial charge in [0.25, 0.3) is 0 Å². The lowest BCUT2D eigenvalue weighted by Gasteiger charge is -2.35. The highest BCUT2D eigenvalue weighted by atomic mass is 15.2. The van der Waals surface area contributed by atoms with E-state index >= 15 is 0 Å². The van der Waals surface area contributed by atoms with E-state index in [9.17, 15) is 0 Å². The van der Waals surface area contributed by atoms with Crippen LogP contribution in [0.5, 0.6) is 0 Å². The Labute approximate surface area is 127 Å². The number of rotatable bonds is 6. The molecule has 0 saturated heterocycles. The fraction of sp³-hybridized carbons (Fsp3) is 0.471. The Morgan fingerprint density at radius 1 is 1.24 bits per heavy atom. The Kier molecular flexibility index (Phi) is 5.15. The molecule has 0 spiro atoms. The van der Waals surface area contributed by atoms with Crippen LogP contribution in [0.3, 0.4) is 0 Å². The summed E-state index contributed by atoms with van der Waals surface area (Å²) in [5.74, 6) is 1.52. The van der Waals surface area contributed by atoms with Gasteiger partial charge in [-0.3, -0.25) is 4.90 Å². The quantitative estimate of drug-likeness (QED) is 0.888. The molecule has 2 unspecified atom stereocenters. The van der Waals surface area contributed by atoms with Gasteiger partial charge in [-0.15, -0.1) is 0 Å². The average Bonchev–Trinajstić information content (AvgIpc) is 2.85. The summed E-state index contributed by atoms with van der Waals surface area (Å²) < 4.78 is 2.06. The smallest absolute Gasteiger partial charge is 0.122 e. The number of nitrogens with two attached hydrogens (primary N) is 1. The van der Waals surface area contributed by atoms with E-state index in [1.165, 1.54) is 5.56 Å². The number of aromatic nitrogens is 2. The van der Waals surface area contributed by atoms with Gasteiger partial charge in [-0.05, 0) is 18.5 Å². The van der Waals surface area contributed by atoms with E-state index < -0.39 is 0 Å². The summed E-state index contributed by atoms with van der Waals surface area (Å²) in [5.41, 5.74) is 7.72. The first-order valence-corrected chi connectivity index (χ1v) is 7.47. The van der Waals surface area contributed by atoms with Crippen molar-refractivity contribution in [1.82, 2.24) is 14.5 Å². The second kappa shape index (κ2) is 6.87. The molecular weight excluding hydrogens is 260 g/mol. The summed E-state index contributed by atoms with van der Waals surface area (Å²) in [4.78, 5) is 6.72. The molecule has 2 atom stereocenters. The highest BCUT2D eigenvalue weighted by Gasteiger charge is 2.27. The Balaban J connectivity index is 2.16. The van der Waals surface area contributed by atoms with Gasteiger partial charge in [0.15, 0.2) is 0 Å². The molecule has 0 amide bonds. The lowest BCUT2D eigenvalue weighted by molar-refractivity contribution is 0.151. The summed E-state index contributed by atoms with van der Waals surface area (Å²) in [6.07, 6.45) is 3.81. The van der Waals surface area contributed by atoms with Gasteiger partial charge in [0.2, 0.25) is 0 Å². The maximum absolute atomic E-state index is 6.54. The van der Waals surface area contributed by atoms with Crippen molar-refractivity contribution < 1.29 is 0 Å². The zero-order valence-corrected chi connectivity index (χ0v) is 13.4. The number of likely N-dealkylation sites (N-methyl/N-ethyl adjacent to an activating group) is 1. The molecule has 114 valence electrons. The van der Waals surface area contributed by atoms with Crippen molar-refractivity contribution in [3.8, 4) is 0 Å². The Hall–Kier alpha value is -1.65. The van der Waals surface area contributed by atoms with Crippen LogP contribution in [-0.4, -0.2) is 27.5 Å². The number of imidazole rings is 1. The Morgan fingerprint density at radius 2 is 1.90 bits per heavy atom. The van der Waals surface area contributed by atoms with Crippen molar-refractivity contribution in [2.75, 3.05) is 7.05 Å². The van der Waals surface area contributed by atoms with Crippen molar-refractivity contribution in [1.29, 1.82) is 0 Å². The molecule has 1 aromatic carbocycles. The van der Waals surface area contributed by atoms with Crippen molar-refractivity contribution >= 4 is 0 Å². The lowest BCUT2D eigenvalue weighted by atomic mass is 9.90. The Bertz CT molecular complexity index is 547. The first-order chi connectivity index (χ1) is 10.0. The molecule has 0 radical (unpaired) electrons. The minimum absolute atomic E-state index is 0.00327. The van der Waals surface area contributed by atoms with Gasteiger partial charge in [0.05, 0.1) is 6.54 Å². The largest absolute Gasteiger partial charge is 0.337 e. The van der Waals surface area contributed by atoms with Crippen LogP contribution in [0.4, 0.5) is 0 Å². The van der Waals surface area contributed by atoms with Gasteiger partial charge in [0.1, 0.15) is 5.82 Å². The van der Waals surface area contributed by atoms with E-state index in [0.717, 1.165) is 12.4 Å². The van der Waals surface area contributed by atoms with Crippen LogP contribution < -0.4 is 5.73 Å². The minimum atomic E-state index is -0.00327. The second-order valence-corrected chi connectivity index (χ2v) is 6.04. The molecule has 1 aromatic heterocycles. The normalized spacial score (nSPS) is 14.6. The predicted molar refractivity (Wildman–Crippen MR) is 86.7 cm³/mol. The molecule has 2 rings (SSSR count). The topological polar surface area (TPSA) is 47.1 Å². The monoisotopic (exact) mass is 286 g/mol. The van der Waals surface area contributed by atoms with Crippen LogP contribution in [0.25, 0.3) is 0 Å². The maximum Gasteiger partial charge on any atom is 0.122 e. The van der Waals surface area contributed by atoms with Crippen LogP contribution in [0.2, 0.25) is 0 Å². The van der Waals surface area contributed by atoms with Gasteiger partial charge in [-0.2, -0.15) is 0 Å². The molecule has 2 aromatic rings. The molecule has 4 nitrogen and oxygen atoms in total. The number of hydrogen-bond acceptors (Lipinski definition) is 3. The first kappa shape index (κ1) is 15.7. The maximum atomic E-state index is 6.54. The van der Waals surface area contributed by atoms with Crippen LogP contribution in [0.1, 0.15) is 31.3 Å². The summed E-state index contributed by atoms with van der Waals surface area (Å²) in [7, 11) is 4.15. The number of hydrogen-bond donors (Lipinski definition) is 1. The van der Waals surface area contributed by atoms with Gasteiger partial charge < -0.3 is 10.3 Å². The molecule has 0 fully saturated rings. The van der Waals surface area contributed by atoms with E-state index in [2.05, 4.69) is 47.5 Å². The third kappa shape index (κ3) is 3.71. The number of nitrogens with zero attached hydrogens (tertiary/aromatic N) is 3. The first-order valence-electron chi connectivity index (χ1n) is 7.47. The molecular formula is C17H26N4. The summed E-state index contributed by atoms with van der Waals surface area (Å²) in [6, 6.07) is 10.6. The third-order valence-corrected chi connectivity index (χ3v) is 4.06. The zero-order chi connectivity index (χ0) is 15.4. The van der Waals surface area contributed by atoms with Crippen LogP contribution >= 0.6 is 0 Å². The van der Waals surface area contributed by atoms with Gasteiger partial charge in [-0.1, -0.05) is 44.2 Å². The van der Waals surface area contributed by atoms with E-state index in [1.807, 2.05) is 37.6 Å². The Morgan fingerprint density at radius 3 is 2.43 bits per heavy atom. The van der Waals surface area contributed by atoms with Crippen molar-refractivity contribution in [3.63, 3.8) is 0 Å². The average molecular weight is 286 g/mol. The van der Waals surface area contributed by atoms with Gasteiger partial charge >= 0.3 is 0 Å². The standard InChI is InChI=1S/C17H26N4/c1-13(2)17(16(18)14-8-6-5-7-9-14)21(4)12-15-19-10-11-20(15)3/h5-11,13,16-17H,12,18H2,1-4H3. The fourth-order valence-electron chi connectivity index (χ4n) is 2.95. The molecule has 0 aliphatic heterocycles. The summed E-state index contributed by atoms with van der Waals surface area (Å²) >= 11 is 0. The van der Waals surface area contributed by atoms with Crippen molar-refractivity contribution in [3.05, 3.63) is 54.1 Å². The molecule has 2 N–H and O–H groups in total. The van der Waals surface area contributed by atoms with Crippen molar-refractivity contribution in [2.45, 2.75) is 32.5 Å². The van der Waals surface area contributed by atoms with Gasteiger partial charge in [-0.25, -0.2) is 4.98 Å². The zero-order valence-electron chi connectivity index (χ0n) is 13.4. The number of aryl methyl sites for hydroxylation is 1. The van der Waals surface area contributed by atoms with E-state index in [0.29, 0.717) is 5.92 Å². The van der Waals surface area contributed by atoms with Gasteiger partial charge in [0, 0.05) is 31.5 Å². The van der Waals surface area contributed by atoms with Crippen molar-refractivity contribution in [2.24, 2.45) is 18.7 Å². The minimum Gasteiger partial charge on any atom is -0.337 e. The molecule has 1 heterocycles. The second-order valence-electron chi connectivity index (χ2n) is 6.04. The highest BCUT2D eigenvalue weighted by Crippen LogP contribution is 2.24. The fourth-order valence-corrected chi connectivity index (χ4v) is 2.95. The summed E-state index contributed by atoms with van der Waals surface area (Å²) in [5, 5.41) is 0. The molecule has 0 saturated carbocycles. The van der Waals surface area contributed by atoms with Crippen LogP contribution in [-0.2, 0) is 13.6 Å².